The van der Waals surface area contributed by atoms with Gasteiger partial charge in [-0.2, -0.15) is 4.98 Å². The molecule has 0 spiro atoms. The molecule has 2 aromatic carbocycles. The fraction of sp³-hybridized carbons (Fsp3) is 0.393. The van der Waals surface area contributed by atoms with Crippen LogP contribution in [0.3, 0.4) is 0 Å². The summed E-state index contributed by atoms with van der Waals surface area (Å²) >= 11 is 0. The number of H-pyrrole nitrogens is 1. The van der Waals surface area contributed by atoms with Gasteiger partial charge >= 0.3 is 5.76 Å². The van der Waals surface area contributed by atoms with E-state index in [4.69, 9.17) is 4.42 Å². The zero-order valence-electron chi connectivity index (χ0n) is 21.8. The van der Waals surface area contributed by atoms with Gasteiger partial charge in [0.1, 0.15) is 5.82 Å². The lowest BCUT2D eigenvalue weighted by atomic mass is 10.1. The van der Waals surface area contributed by atoms with Crippen molar-refractivity contribution in [3.8, 4) is 0 Å². The Labute approximate surface area is 216 Å². The van der Waals surface area contributed by atoms with Crippen LogP contribution < -0.4 is 16.4 Å². The van der Waals surface area contributed by atoms with E-state index in [0.717, 1.165) is 43.0 Å². The van der Waals surface area contributed by atoms with Gasteiger partial charge in [0.15, 0.2) is 5.58 Å². The van der Waals surface area contributed by atoms with E-state index < -0.39 is 5.76 Å². The number of hydrogen-bond acceptors (Lipinski definition) is 8. The Balaban J connectivity index is 1.18. The third-order valence-electron chi connectivity index (χ3n) is 7.16. The predicted molar refractivity (Wildman–Crippen MR) is 148 cm³/mol. The minimum Gasteiger partial charge on any atom is -0.408 e. The van der Waals surface area contributed by atoms with Gasteiger partial charge in [-0.05, 0) is 75.3 Å². The highest BCUT2D eigenvalue weighted by Crippen LogP contribution is 2.24. The molecule has 0 radical (unpaired) electrons. The predicted octanol–water partition coefficient (Wildman–Crippen LogP) is 4.67. The highest BCUT2D eigenvalue weighted by molar-refractivity contribution is 5.78. The van der Waals surface area contributed by atoms with Gasteiger partial charge in [0, 0.05) is 42.3 Å². The molecule has 1 atom stereocenters. The second-order valence-corrected chi connectivity index (χ2v) is 9.61. The second-order valence-electron chi connectivity index (χ2n) is 9.61. The van der Waals surface area contributed by atoms with Crippen LogP contribution in [0.25, 0.3) is 11.1 Å². The van der Waals surface area contributed by atoms with Crippen LogP contribution in [-0.2, 0) is 6.42 Å². The van der Waals surface area contributed by atoms with E-state index in [1.807, 2.05) is 19.1 Å². The number of oxazole rings is 1. The molecule has 1 unspecified atom stereocenters. The van der Waals surface area contributed by atoms with Crippen molar-refractivity contribution in [2.45, 2.75) is 39.7 Å². The number of aromatic amines is 1. The average molecular weight is 502 g/mol. The number of nitrogens with one attached hydrogen (secondary N) is 3. The normalized spacial score (nSPS) is 16.1. The lowest BCUT2D eigenvalue weighted by Crippen LogP contribution is -2.37. The maximum atomic E-state index is 11.4. The molecule has 3 heterocycles. The van der Waals surface area contributed by atoms with Crippen LogP contribution in [0.15, 0.2) is 57.9 Å². The van der Waals surface area contributed by atoms with Crippen molar-refractivity contribution in [3.63, 3.8) is 0 Å². The van der Waals surface area contributed by atoms with Crippen molar-refractivity contribution >= 4 is 34.2 Å². The summed E-state index contributed by atoms with van der Waals surface area (Å²) in [5, 5.41) is 6.61. The lowest BCUT2D eigenvalue weighted by Gasteiger charge is -2.26. The molecular formula is C28H35N7O2. The topological polar surface area (TPSA) is 102 Å². The molecule has 4 aromatic rings. The van der Waals surface area contributed by atoms with Crippen LogP contribution in [0.1, 0.15) is 31.4 Å². The Bertz CT molecular complexity index is 1390. The molecule has 0 bridgehead atoms. The van der Waals surface area contributed by atoms with Crippen molar-refractivity contribution in [2.24, 2.45) is 0 Å². The summed E-state index contributed by atoms with van der Waals surface area (Å²) in [5.74, 6) is 0.731. The smallest absolute Gasteiger partial charge is 0.408 e. The van der Waals surface area contributed by atoms with Crippen LogP contribution in [0.4, 0.5) is 23.1 Å². The van der Waals surface area contributed by atoms with Gasteiger partial charge in [0.05, 0.1) is 5.52 Å². The van der Waals surface area contributed by atoms with Crippen molar-refractivity contribution in [1.29, 1.82) is 0 Å². The Morgan fingerprint density at radius 3 is 2.68 bits per heavy atom. The first-order valence-electron chi connectivity index (χ1n) is 13.1. The molecule has 2 aromatic heterocycles. The summed E-state index contributed by atoms with van der Waals surface area (Å²) in [5.41, 5.74) is 5.13. The number of hydrogen-bond donors (Lipinski definition) is 3. The molecule has 0 saturated carbocycles. The number of nitrogens with zero attached hydrogens (tertiary/aromatic N) is 4. The molecule has 1 aliphatic heterocycles. The minimum atomic E-state index is -0.470. The minimum absolute atomic E-state index is 0.470. The maximum absolute atomic E-state index is 11.4. The molecule has 3 N–H and O–H groups in total. The molecule has 1 saturated heterocycles. The van der Waals surface area contributed by atoms with Crippen molar-refractivity contribution in [2.75, 3.05) is 43.4 Å². The molecule has 1 fully saturated rings. The van der Waals surface area contributed by atoms with Gasteiger partial charge in [-0.25, -0.2) is 9.78 Å². The van der Waals surface area contributed by atoms with E-state index in [1.54, 1.807) is 12.3 Å². The van der Waals surface area contributed by atoms with Crippen molar-refractivity contribution < 1.29 is 4.42 Å². The fourth-order valence-electron chi connectivity index (χ4n) is 5.02. The van der Waals surface area contributed by atoms with E-state index in [2.05, 4.69) is 73.5 Å². The maximum Gasteiger partial charge on any atom is 0.417 e. The molecule has 0 aliphatic carbocycles. The fourth-order valence-corrected chi connectivity index (χ4v) is 5.02. The number of likely N-dealkylation sites (tertiary alicyclic amines) is 1. The second kappa shape index (κ2) is 11.1. The third-order valence-corrected chi connectivity index (χ3v) is 7.16. The highest BCUT2D eigenvalue weighted by atomic mass is 16.4. The number of rotatable bonds is 10. The quantitative estimate of drug-likeness (QED) is 0.288. The zero-order chi connectivity index (χ0) is 25.8. The van der Waals surface area contributed by atoms with Crippen molar-refractivity contribution in [1.82, 2.24) is 24.8 Å². The molecule has 5 rings (SSSR count). The van der Waals surface area contributed by atoms with Gasteiger partial charge in [-0.1, -0.05) is 26.0 Å². The monoisotopic (exact) mass is 501 g/mol. The highest BCUT2D eigenvalue weighted by Gasteiger charge is 2.25. The molecule has 9 nitrogen and oxygen atoms in total. The summed E-state index contributed by atoms with van der Waals surface area (Å²) < 4.78 is 5.07. The van der Waals surface area contributed by atoms with Gasteiger partial charge in [-0.15, -0.1) is 0 Å². The Morgan fingerprint density at radius 2 is 1.89 bits per heavy atom. The van der Waals surface area contributed by atoms with E-state index in [1.165, 1.54) is 25.1 Å². The number of likely N-dealkylation sites (N-methyl/N-ethyl adjacent to an activating group) is 1. The average Bonchev–Trinajstić information content (AvgIpc) is 3.52. The first-order valence-corrected chi connectivity index (χ1v) is 13.1. The van der Waals surface area contributed by atoms with Gasteiger partial charge in [-0.3, -0.25) is 9.88 Å². The molecular weight excluding hydrogens is 466 g/mol. The van der Waals surface area contributed by atoms with Crippen LogP contribution in [0, 0.1) is 6.92 Å². The van der Waals surface area contributed by atoms with Gasteiger partial charge in [0.2, 0.25) is 5.95 Å². The third kappa shape index (κ3) is 6.00. The first kappa shape index (κ1) is 25.0. The standard InChI is InChI=1S/C28H35N7O2/c1-4-35(5-2)23-13-15-34(18-23)14-12-20-6-8-21(9-7-20)31-27-29-17-19(3)26(33-27)30-22-10-11-25-24(16-22)32-28(36)37-25/h6-11,16-17,23H,4-5,12-15,18H2,1-3H3,(H,32,36)(H2,29,30,31,33). The molecule has 194 valence electrons. The summed E-state index contributed by atoms with van der Waals surface area (Å²) in [6.07, 6.45) is 4.10. The van der Waals surface area contributed by atoms with E-state index >= 15 is 0 Å². The van der Waals surface area contributed by atoms with Crippen LogP contribution in [0.2, 0.25) is 0 Å². The van der Waals surface area contributed by atoms with E-state index in [0.29, 0.717) is 28.9 Å². The first-order chi connectivity index (χ1) is 18.0. The molecule has 9 heteroatoms. The zero-order valence-corrected chi connectivity index (χ0v) is 21.8. The summed E-state index contributed by atoms with van der Waals surface area (Å²) in [7, 11) is 0. The summed E-state index contributed by atoms with van der Waals surface area (Å²) in [6, 6.07) is 14.6. The number of anilines is 4. The van der Waals surface area contributed by atoms with E-state index in [-0.39, 0.29) is 0 Å². The Kier molecular flexibility index (Phi) is 7.52. The summed E-state index contributed by atoms with van der Waals surface area (Å²) in [6.45, 7) is 12.2. The largest absolute Gasteiger partial charge is 0.417 e. The molecule has 0 amide bonds. The Morgan fingerprint density at radius 1 is 1.11 bits per heavy atom. The molecule has 1 aliphatic rings. The van der Waals surface area contributed by atoms with Crippen LogP contribution >= 0.6 is 0 Å². The van der Waals surface area contributed by atoms with E-state index in [9.17, 15) is 4.79 Å². The SMILES string of the molecule is CCN(CC)C1CCN(CCc2ccc(Nc3ncc(C)c(Nc4ccc5oc(=O)[nH]c5c4)n3)cc2)C1. The lowest BCUT2D eigenvalue weighted by molar-refractivity contribution is 0.211. The molecule has 37 heavy (non-hydrogen) atoms. The summed E-state index contributed by atoms with van der Waals surface area (Å²) in [4.78, 5) is 28.4. The number of benzene rings is 2. The van der Waals surface area contributed by atoms with Crippen LogP contribution in [0.5, 0.6) is 0 Å². The van der Waals surface area contributed by atoms with Crippen molar-refractivity contribution in [3.05, 3.63) is 70.3 Å². The number of aromatic nitrogens is 3. The Hall–Kier alpha value is -3.69. The van der Waals surface area contributed by atoms with Crippen LogP contribution in [-0.4, -0.2) is 63.5 Å². The number of fused-ring (bicyclic) bond motifs is 1. The van der Waals surface area contributed by atoms with Gasteiger partial charge < -0.3 is 20.0 Å². The number of aryl methyl sites for hydroxylation is 1. The van der Waals surface area contributed by atoms with Gasteiger partial charge in [0.25, 0.3) is 0 Å².